The lowest BCUT2D eigenvalue weighted by molar-refractivity contribution is 0.284. The Labute approximate surface area is 167 Å². The van der Waals surface area contributed by atoms with Gasteiger partial charge in [-0.2, -0.15) is 0 Å². The Hall–Kier alpha value is -2.95. The van der Waals surface area contributed by atoms with Crippen molar-refractivity contribution in [2.45, 2.75) is 39.0 Å². The van der Waals surface area contributed by atoms with Crippen molar-refractivity contribution in [3.8, 4) is 11.5 Å². The van der Waals surface area contributed by atoms with Gasteiger partial charge in [0.1, 0.15) is 6.61 Å². The molecular weight excluding hydrogens is 350 g/mol. The zero-order chi connectivity index (χ0) is 19.6. The summed E-state index contributed by atoms with van der Waals surface area (Å²) < 4.78 is 11.5. The van der Waals surface area contributed by atoms with E-state index in [0.29, 0.717) is 19.2 Å². The molecule has 0 aliphatic heterocycles. The molecule has 0 spiro atoms. The van der Waals surface area contributed by atoms with E-state index in [1.165, 1.54) is 0 Å². The Morgan fingerprint density at radius 3 is 2.54 bits per heavy atom. The Kier molecular flexibility index (Phi) is 7.36. The fourth-order valence-electron chi connectivity index (χ4n) is 3.08. The van der Waals surface area contributed by atoms with Crippen molar-refractivity contribution < 1.29 is 9.47 Å². The SMILES string of the molecule is CCNC(=NCc1ccc(OCc2ccccc2)c(OC)c1)NC1CC=CC1. The summed E-state index contributed by atoms with van der Waals surface area (Å²) >= 11 is 0. The fraction of sp³-hybridized carbons (Fsp3) is 0.348. The first kappa shape index (κ1) is 19.8. The maximum absolute atomic E-state index is 5.93. The van der Waals surface area contributed by atoms with Gasteiger partial charge >= 0.3 is 0 Å². The Morgan fingerprint density at radius 1 is 1.04 bits per heavy atom. The standard InChI is InChI=1S/C23H29N3O2/c1-3-24-23(26-20-11-7-8-12-20)25-16-19-13-14-21(22(15-19)27-2)28-17-18-9-5-4-6-10-18/h4-10,13-15,20H,3,11-12,16-17H2,1-2H3,(H2,24,25,26). The third-order valence-electron chi connectivity index (χ3n) is 4.58. The predicted molar refractivity (Wildman–Crippen MR) is 114 cm³/mol. The fourth-order valence-corrected chi connectivity index (χ4v) is 3.08. The molecule has 0 saturated carbocycles. The summed E-state index contributed by atoms with van der Waals surface area (Å²) in [5.74, 6) is 2.31. The quantitative estimate of drug-likeness (QED) is 0.413. The van der Waals surface area contributed by atoms with E-state index in [1.54, 1.807) is 7.11 Å². The van der Waals surface area contributed by atoms with Crippen LogP contribution in [-0.2, 0) is 13.2 Å². The summed E-state index contributed by atoms with van der Waals surface area (Å²) in [4.78, 5) is 4.72. The van der Waals surface area contributed by atoms with Crippen LogP contribution in [-0.4, -0.2) is 25.7 Å². The summed E-state index contributed by atoms with van der Waals surface area (Å²) in [5, 5.41) is 6.80. The van der Waals surface area contributed by atoms with E-state index in [2.05, 4.69) is 29.7 Å². The molecule has 5 heteroatoms. The van der Waals surface area contributed by atoms with E-state index >= 15 is 0 Å². The second-order valence-electron chi connectivity index (χ2n) is 6.74. The molecule has 28 heavy (non-hydrogen) atoms. The van der Waals surface area contributed by atoms with Gasteiger partial charge in [0.25, 0.3) is 0 Å². The molecule has 1 aliphatic rings. The maximum Gasteiger partial charge on any atom is 0.191 e. The second-order valence-corrected chi connectivity index (χ2v) is 6.74. The van der Waals surface area contributed by atoms with Crippen LogP contribution in [0.1, 0.15) is 30.9 Å². The van der Waals surface area contributed by atoms with Gasteiger partial charge in [0.05, 0.1) is 13.7 Å². The zero-order valence-electron chi connectivity index (χ0n) is 16.7. The van der Waals surface area contributed by atoms with Crippen molar-refractivity contribution in [1.29, 1.82) is 0 Å². The Balaban J connectivity index is 1.62. The average molecular weight is 380 g/mol. The van der Waals surface area contributed by atoms with Gasteiger partial charge in [-0.3, -0.25) is 0 Å². The number of nitrogens with one attached hydrogen (secondary N) is 2. The first-order chi connectivity index (χ1) is 13.8. The number of hydrogen-bond acceptors (Lipinski definition) is 3. The van der Waals surface area contributed by atoms with Crippen LogP contribution in [0.2, 0.25) is 0 Å². The van der Waals surface area contributed by atoms with E-state index in [0.717, 1.165) is 48.0 Å². The lowest BCUT2D eigenvalue weighted by atomic mass is 10.2. The highest BCUT2D eigenvalue weighted by atomic mass is 16.5. The Morgan fingerprint density at radius 2 is 1.82 bits per heavy atom. The van der Waals surface area contributed by atoms with Gasteiger partial charge in [0, 0.05) is 12.6 Å². The highest BCUT2D eigenvalue weighted by Crippen LogP contribution is 2.29. The minimum absolute atomic E-state index is 0.432. The molecule has 0 fully saturated rings. The number of hydrogen-bond donors (Lipinski definition) is 2. The summed E-state index contributed by atoms with van der Waals surface area (Å²) in [6.45, 7) is 4.00. The van der Waals surface area contributed by atoms with Crippen LogP contribution >= 0.6 is 0 Å². The van der Waals surface area contributed by atoms with E-state index in [4.69, 9.17) is 14.5 Å². The van der Waals surface area contributed by atoms with Crippen LogP contribution in [0.5, 0.6) is 11.5 Å². The minimum Gasteiger partial charge on any atom is -0.493 e. The number of aliphatic imine (C=N–C) groups is 1. The molecule has 1 aliphatic carbocycles. The van der Waals surface area contributed by atoms with E-state index in [1.807, 2.05) is 48.5 Å². The first-order valence-electron chi connectivity index (χ1n) is 9.82. The van der Waals surface area contributed by atoms with Gasteiger partial charge in [-0.15, -0.1) is 0 Å². The predicted octanol–water partition coefficient (Wildman–Crippen LogP) is 4.05. The normalized spacial score (nSPS) is 14.1. The molecular formula is C23H29N3O2. The van der Waals surface area contributed by atoms with Crippen molar-refractivity contribution in [3.63, 3.8) is 0 Å². The zero-order valence-corrected chi connectivity index (χ0v) is 16.7. The molecule has 0 heterocycles. The number of rotatable bonds is 8. The number of nitrogens with zero attached hydrogens (tertiary/aromatic N) is 1. The van der Waals surface area contributed by atoms with E-state index in [9.17, 15) is 0 Å². The number of ether oxygens (including phenoxy) is 2. The summed E-state index contributed by atoms with van der Waals surface area (Å²) in [7, 11) is 1.66. The molecule has 2 aromatic carbocycles. The van der Waals surface area contributed by atoms with Crippen LogP contribution in [0.15, 0.2) is 65.7 Å². The van der Waals surface area contributed by atoms with Gasteiger partial charge in [-0.05, 0) is 43.0 Å². The molecule has 0 amide bonds. The van der Waals surface area contributed by atoms with Gasteiger partial charge in [-0.1, -0.05) is 48.6 Å². The van der Waals surface area contributed by atoms with Crippen molar-refractivity contribution in [2.75, 3.05) is 13.7 Å². The van der Waals surface area contributed by atoms with Gasteiger partial charge in [-0.25, -0.2) is 4.99 Å². The lowest BCUT2D eigenvalue weighted by Crippen LogP contribution is -2.42. The Bertz CT molecular complexity index is 795. The average Bonchev–Trinajstić information content (AvgIpc) is 3.25. The van der Waals surface area contributed by atoms with Gasteiger partial charge in [0.2, 0.25) is 0 Å². The van der Waals surface area contributed by atoms with Crippen LogP contribution < -0.4 is 20.1 Å². The molecule has 0 unspecified atom stereocenters. The lowest BCUT2D eigenvalue weighted by Gasteiger charge is -2.17. The van der Waals surface area contributed by atoms with E-state index in [-0.39, 0.29) is 0 Å². The second kappa shape index (κ2) is 10.4. The van der Waals surface area contributed by atoms with Crippen molar-refractivity contribution in [1.82, 2.24) is 10.6 Å². The van der Waals surface area contributed by atoms with Crippen LogP contribution in [0.4, 0.5) is 0 Å². The third-order valence-corrected chi connectivity index (χ3v) is 4.58. The highest BCUT2D eigenvalue weighted by Gasteiger charge is 2.12. The largest absolute Gasteiger partial charge is 0.493 e. The number of benzene rings is 2. The van der Waals surface area contributed by atoms with Crippen molar-refractivity contribution >= 4 is 5.96 Å². The molecule has 3 rings (SSSR count). The van der Waals surface area contributed by atoms with Gasteiger partial charge < -0.3 is 20.1 Å². The number of methoxy groups -OCH3 is 1. The van der Waals surface area contributed by atoms with Crippen LogP contribution in [0.25, 0.3) is 0 Å². The third kappa shape index (κ3) is 5.78. The highest BCUT2D eigenvalue weighted by molar-refractivity contribution is 5.80. The van der Waals surface area contributed by atoms with Crippen LogP contribution in [0, 0.1) is 0 Å². The summed E-state index contributed by atoms with van der Waals surface area (Å²) in [6.07, 6.45) is 6.51. The monoisotopic (exact) mass is 379 g/mol. The van der Waals surface area contributed by atoms with E-state index < -0.39 is 0 Å². The smallest absolute Gasteiger partial charge is 0.191 e. The molecule has 5 nitrogen and oxygen atoms in total. The van der Waals surface area contributed by atoms with Crippen molar-refractivity contribution in [2.24, 2.45) is 4.99 Å². The topological polar surface area (TPSA) is 54.9 Å². The molecule has 0 radical (unpaired) electrons. The maximum atomic E-state index is 5.93. The minimum atomic E-state index is 0.432. The summed E-state index contributed by atoms with van der Waals surface area (Å²) in [6, 6.07) is 16.5. The van der Waals surface area contributed by atoms with Gasteiger partial charge in [0.15, 0.2) is 17.5 Å². The number of guanidine groups is 1. The van der Waals surface area contributed by atoms with Crippen molar-refractivity contribution in [3.05, 3.63) is 71.8 Å². The molecule has 2 N–H and O–H groups in total. The summed E-state index contributed by atoms with van der Waals surface area (Å²) in [5.41, 5.74) is 2.20. The molecule has 0 saturated heterocycles. The molecule has 2 aromatic rings. The molecule has 0 aromatic heterocycles. The molecule has 148 valence electrons. The molecule has 0 atom stereocenters. The van der Waals surface area contributed by atoms with Crippen LogP contribution in [0.3, 0.4) is 0 Å². The first-order valence-corrected chi connectivity index (χ1v) is 9.82. The molecule has 0 bridgehead atoms.